The van der Waals surface area contributed by atoms with Gasteiger partial charge in [0, 0.05) is 13.6 Å². The van der Waals surface area contributed by atoms with Crippen LogP contribution in [0.1, 0.15) is 18.9 Å². The first-order valence-electron chi connectivity index (χ1n) is 9.37. The number of nitrogens with zero attached hydrogens (tertiary/aromatic N) is 1. The van der Waals surface area contributed by atoms with Crippen molar-refractivity contribution in [2.45, 2.75) is 31.3 Å². The molecule has 0 radical (unpaired) electrons. The van der Waals surface area contributed by atoms with Crippen LogP contribution in [0.2, 0.25) is 0 Å². The molecule has 0 aliphatic heterocycles. The zero-order valence-corrected chi connectivity index (χ0v) is 20.2. The second-order valence-corrected chi connectivity index (χ2v) is 8.67. The Balaban J connectivity index is 0.00000420. The van der Waals surface area contributed by atoms with E-state index in [2.05, 4.69) is 15.6 Å². The molecule has 0 bridgehead atoms. The number of halogens is 1. The lowest BCUT2D eigenvalue weighted by Crippen LogP contribution is -2.42. The Kier molecular flexibility index (Phi) is 11.0. The minimum Gasteiger partial charge on any atom is -0.489 e. The van der Waals surface area contributed by atoms with Crippen molar-refractivity contribution in [3.8, 4) is 5.75 Å². The van der Waals surface area contributed by atoms with Gasteiger partial charge < -0.3 is 15.4 Å². The van der Waals surface area contributed by atoms with E-state index in [1.54, 1.807) is 37.4 Å². The van der Waals surface area contributed by atoms with Gasteiger partial charge in [-0.3, -0.25) is 4.99 Å². The van der Waals surface area contributed by atoms with Gasteiger partial charge in [0.2, 0.25) is 0 Å². The lowest BCUT2D eigenvalue weighted by molar-refractivity contribution is 0.222. The molecule has 0 aromatic heterocycles. The number of aliphatic imine (C=N–C) groups is 1. The van der Waals surface area contributed by atoms with E-state index in [0.29, 0.717) is 30.4 Å². The van der Waals surface area contributed by atoms with Crippen LogP contribution >= 0.6 is 24.0 Å². The van der Waals surface area contributed by atoms with Crippen molar-refractivity contribution in [3.05, 3.63) is 60.2 Å². The first-order chi connectivity index (χ1) is 13.4. The number of benzene rings is 2. The van der Waals surface area contributed by atoms with Crippen molar-refractivity contribution >= 4 is 39.8 Å². The number of nitrogens with one attached hydrogen (secondary N) is 2. The molecule has 0 saturated heterocycles. The van der Waals surface area contributed by atoms with Crippen molar-refractivity contribution in [1.29, 1.82) is 0 Å². The largest absolute Gasteiger partial charge is 0.489 e. The van der Waals surface area contributed by atoms with Crippen LogP contribution in [-0.2, 0) is 9.84 Å². The molecular weight excluding hydrogens is 501 g/mol. The Morgan fingerprint density at radius 1 is 1.07 bits per heavy atom. The van der Waals surface area contributed by atoms with Crippen LogP contribution in [0.15, 0.2) is 64.5 Å². The highest BCUT2D eigenvalue weighted by Crippen LogP contribution is 2.17. The molecule has 2 rings (SSSR count). The van der Waals surface area contributed by atoms with Gasteiger partial charge in [-0.25, -0.2) is 8.42 Å². The lowest BCUT2D eigenvalue weighted by Gasteiger charge is -2.18. The van der Waals surface area contributed by atoms with Crippen LogP contribution in [0.3, 0.4) is 0 Å². The zero-order valence-electron chi connectivity index (χ0n) is 17.1. The molecule has 160 valence electrons. The molecule has 1 unspecified atom stereocenters. The topological polar surface area (TPSA) is 79.8 Å². The fraction of sp³-hybridized carbons (Fsp3) is 0.381. The average molecular weight is 531 g/mol. The predicted octanol–water partition coefficient (Wildman–Crippen LogP) is 3.41. The SMILES string of the molecule is CN=C(NCCCS(=O)(=O)c1ccccc1)NCC(C)Oc1ccccc1C.I. The highest BCUT2D eigenvalue weighted by atomic mass is 127. The van der Waals surface area contributed by atoms with Crippen molar-refractivity contribution < 1.29 is 13.2 Å². The number of rotatable bonds is 9. The normalized spacial score (nSPS) is 12.6. The summed E-state index contributed by atoms with van der Waals surface area (Å²) in [6, 6.07) is 16.4. The van der Waals surface area contributed by atoms with E-state index >= 15 is 0 Å². The van der Waals surface area contributed by atoms with Gasteiger partial charge in [-0.2, -0.15) is 0 Å². The number of aryl methyl sites for hydroxylation is 1. The molecular formula is C21H30IN3O3S. The van der Waals surface area contributed by atoms with Crippen molar-refractivity contribution in [2.75, 3.05) is 25.9 Å². The maximum atomic E-state index is 12.3. The van der Waals surface area contributed by atoms with Crippen molar-refractivity contribution in [3.63, 3.8) is 0 Å². The van der Waals surface area contributed by atoms with Gasteiger partial charge in [-0.15, -0.1) is 24.0 Å². The molecule has 0 aliphatic carbocycles. The minimum absolute atomic E-state index is 0. The van der Waals surface area contributed by atoms with E-state index in [1.165, 1.54) is 0 Å². The molecule has 0 aliphatic rings. The summed E-state index contributed by atoms with van der Waals surface area (Å²) in [5, 5.41) is 6.35. The van der Waals surface area contributed by atoms with Crippen LogP contribution < -0.4 is 15.4 Å². The smallest absolute Gasteiger partial charge is 0.191 e. The van der Waals surface area contributed by atoms with Crippen LogP contribution in [0.4, 0.5) is 0 Å². The summed E-state index contributed by atoms with van der Waals surface area (Å²) >= 11 is 0. The minimum atomic E-state index is -3.25. The summed E-state index contributed by atoms with van der Waals surface area (Å²) in [4.78, 5) is 4.53. The molecule has 6 nitrogen and oxygen atoms in total. The Morgan fingerprint density at radius 2 is 1.72 bits per heavy atom. The van der Waals surface area contributed by atoms with E-state index in [-0.39, 0.29) is 35.8 Å². The maximum Gasteiger partial charge on any atom is 0.191 e. The van der Waals surface area contributed by atoms with Crippen LogP contribution in [0.5, 0.6) is 5.75 Å². The van der Waals surface area contributed by atoms with E-state index in [1.807, 2.05) is 38.1 Å². The number of para-hydroxylation sites is 1. The van der Waals surface area contributed by atoms with Gasteiger partial charge in [-0.1, -0.05) is 36.4 Å². The fourth-order valence-electron chi connectivity index (χ4n) is 2.62. The number of hydrogen-bond donors (Lipinski definition) is 2. The maximum absolute atomic E-state index is 12.3. The van der Waals surface area contributed by atoms with Crippen LogP contribution in [-0.4, -0.2) is 46.4 Å². The Bertz CT molecular complexity index is 874. The molecule has 0 heterocycles. The average Bonchev–Trinajstić information content (AvgIpc) is 2.70. The van der Waals surface area contributed by atoms with E-state index < -0.39 is 9.84 Å². The Labute approximate surface area is 191 Å². The second kappa shape index (κ2) is 12.7. The van der Waals surface area contributed by atoms with Gasteiger partial charge >= 0.3 is 0 Å². The summed E-state index contributed by atoms with van der Waals surface area (Å²) in [6.45, 7) is 5.09. The third-order valence-corrected chi connectivity index (χ3v) is 6.00. The highest BCUT2D eigenvalue weighted by molar-refractivity contribution is 14.0. The standard InChI is InChI=1S/C21H29N3O3S.HI/c1-17-10-7-8-13-20(17)27-18(2)16-24-21(22-3)23-14-9-15-28(25,26)19-11-5-4-6-12-19;/h4-8,10-13,18H,9,14-16H2,1-3H3,(H2,22,23,24);1H. The molecule has 2 aromatic rings. The quantitative estimate of drug-likeness (QED) is 0.225. The summed E-state index contributed by atoms with van der Waals surface area (Å²) in [7, 11) is -1.57. The lowest BCUT2D eigenvalue weighted by atomic mass is 10.2. The molecule has 29 heavy (non-hydrogen) atoms. The van der Waals surface area contributed by atoms with Gasteiger partial charge in [0.15, 0.2) is 15.8 Å². The monoisotopic (exact) mass is 531 g/mol. The summed E-state index contributed by atoms with van der Waals surface area (Å²) in [6.07, 6.45) is 0.450. The second-order valence-electron chi connectivity index (χ2n) is 6.56. The zero-order chi connectivity index (χ0) is 20.4. The van der Waals surface area contributed by atoms with Crippen LogP contribution in [0, 0.1) is 6.92 Å². The van der Waals surface area contributed by atoms with Crippen molar-refractivity contribution in [2.24, 2.45) is 4.99 Å². The number of hydrogen-bond acceptors (Lipinski definition) is 4. The van der Waals surface area contributed by atoms with E-state index in [9.17, 15) is 8.42 Å². The van der Waals surface area contributed by atoms with Gasteiger partial charge in [-0.05, 0) is 44.0 Å². The summed E-state index contributed by atoms with van der Waals surface area (Å²) in [5.74, 6) is 1.58. The Morgan fingerprint density at radius 3 is 2.38 bits per heavy atom. The third-order valence-electron chi connectivity index (χ3n) is 4.19. The van der Waals surface area contributed by atoms with Gasteiger partial charge in [0.05, 0.1) is 17.2 Å². The predicted molar refractivity (Wildman–Crippen MR) is 129 cm³/mol. The molecule has 0 saturated carbocycles. The summed E-state index contributed by atoms with van der Waals surface area (Å²) in [5.41, 5.74) is 1.09. The van der Waals surface area contributed by atoms with Gasteiger partial charge in [0.25, 0.3) is 0 Å². The van der Waals surface area contributed by atoms with Crippen molar-refractivity contribution in [1.82, 2.24) is 10.6 Å². The molecule has 0 amide bonds. The van der Waals surface area contributed by atoms with E-state index in [4.69, 9.17) is 4.74 Å². The third kappa shape index (κ3) is 8.61. The number of guanidine groups is 1. The molecule has 0 spiro atoms. The number of sulfone groups is 1. The molecule has 1 atom stereocenters. The molecule has 0 fully saturated rings. The summed E-state index contributed by atoms with van der Waals surface area (Å²) < 4.78 is 30.5. The Hall–Kier alpha value is -1.81. The highest BCUT2D eigenvalue weighted by Gasteiger charge is 2.13. The first kappa shape index (κ1) is 25.2. The fourth-order valence-corrected chi connectivity index (χ4v) is 3.95. The van der Waals surface area contributed by atoms with E-state index in [0.717, 1.165) is 11.3 Å². The van der Waals surface area contributed by atoms with Gasteiger partial charge in [0.1, 0.15) is 11.9 Å². The van der Waals surface area contributed by atoms with Crippen LogP contribution in [0.25, 0.3) is 0 Å². The first-order valence-corrected chi connectivity index (χ1v) is 11.0. The molecule has 2 N–H and O–H groups in total. The number of ether oxygens (including phenoxy) is 1. The molecule has 8 heteroatoms. The molecule has 2 aromatic carbocycles.